The van der Waals surface area contributed by atoms with E-state index in [2.05, 4.69) is 5.32 Å². The van der Waals surface area contributed by atoms with Crippen molar-refractivity contribution in [3.8, 4) is 0 Å². The number of thiophene rings is 1. The maximum Gasteiger partial charge on any atom is 0.341 e. The van der Waals surface area contributed by atoms with E-state index in [-0.39, 0.29) is 19.4 Å². The van der Waals surface area contributed by atoms with E-state index >= 15 is 0 Å². The van der Waals surface area contributed by atoms with E-state index in [1.807, 2.05) is 0 Å². The highest BCUT2D eigenvalue weighted by atomic mass is 32.1. The molecule has 0 bridgehead atoms. The largest absolute Gasteiger partial charge is 0.550 e. The molecule has 0 saturated heterocycles. The van der Waals surface area contributed by atoms with Crippen LogP contribution in [0, 0.1) is 0 Å². The van der Waals surface area contributed by atoms with Crippen LogP contribution in [0.1, 0.15) is 98.4 Å². The van der Waals surface area contributed by atoms with Crippen LogP contribution in [-0.4, -0.2) is 24.5 Å². The molecule has 0 aromatic carbocycles. The van der Waals surface area contributed by atoms with Gasteiger partial charge in [0.25, 0.3) is 0 Å². The number of fused-ring (bicyclic) bond motifs is 1. The SMILES string of the molecule is CCOC(=O)c1c(NC(=O)CCC(=O)[O-])sc2c1CCCCCCCCCCC2. The molecule has 6 nitrogen and oxygen atoms in total. The number of carboxylic acid groups (broad SMARTS) is 1. The monoisotopic (exact) mass is 422 g/mol. The van der Waals surface area contributed by atoms with Gasteiger partial charge in [-0.15, -0.1) is 11.3 Å². The first kappa shape index (κ1) is 23.4. The third kappa shape index (κ3) is 7.80. The molecule has 0 unspecified atom stereocenters. The third-order valence-electron chi connectivity index (χ3n) is 5.21. The Kier molecular flexibility index (Phi) is 10.2. The van der Waals surface area contributed by atoms with Gasteiger partial charge in [-0.1, -0.05) is 44.9 Å². The summed E-state index contributed by atoms with van der Waals surface area (Å²) in [4.78, 5) is 36.7. The van der Waals surface area contributed by atoms with Crippen molar-refractivity contribution in [2.75, 3.05) is 11.9 Å². The van der Waals surface area contributed by atoms with Gasteiger partial charge in [-0.3, -0.25) is 4.79 Å². The number of anilines is 1. The van der Waals surface area contributed by atoms with Gasteiger partial charge >= 0.3 is 5.97 Å². The van der Waals surface area contributed by atoms with E-state index in [9.17, 15) is 19.5 Å². The minimum atomic E-state index is -1.26. The van der Waals surface area contributed by atoms with E-state index in [0.29, 0.717) is 10.6 Å². The zero-order chi connectivity index (χ0) is 21.1. The summed E-state index contributed by atoms with van der Waals surface area (Å²) in [5.41, 5.74) is 1.46. The van der Waals surface area contributed by atoms with Gasteiger partial charge < -0.3 is 20.0 Å². The van der Waals surface area contributed by atoms with Crippen LogP contribution >= 0.6 is 11.3 Å². The number of amides is 1. The number of hydrogen-bond donors (Lipinski definition) is 1. The van der Waals surface area contributed by atoms with Gasteiger partial charge in [0, 0.05) is 17.3 Å². The number of rotatable bonds is 6. The van der Waals surface area contributed by atoms with Gasteiger partial charge in [0.15, 0.2) is 0 Å². The minimum Gasteiger partial charge on any atom is -0.550 e. The van der Waals surface area contributed by atoms with Crippen molar-refractivity contribution < 1.29 is 24.2 Å². The van der Waals surface area contributed by atoms with Gasteiger partial charge in [-0.25, -0.2) is 4.79 Å². The molecule has 29 heavy (non-hydrogen) atoms. The van der Waals surface area contributed by atoms with Crippen molar-refractivity contribution in [2.24, 2.45) is 0 Å². The highest BCUT2D eigenvalue weighted by Gasteiger charge is 2.25. The molecule has 1 N–H and O–H groups in total. The van der Waals surface area contributed by atoms with E-state index < -0.39 is 17.8 Å². The standard InChI is InChI=1S/C22H33NO5S/c1-2-28-22(27)20-16-12-10-8-6-4-3-5-7-9-11-13-17(16)29-21(20)23-18(24)14-15-19(25)26/h2-15H2,1H3,(H,23,24)(H,25,26)/p-1. The predicted octanol–water partition coefficient (Wildman–Crippen LogP) is 4.00. The molecule has 2 rings (SSSR count). The highest BCUT2D eigenvalue weighted by Crippen LogP contribution is 2.37. The highest BCUT2D eigenvalue weighted by molar-refractivity contribution is 7.17. The number of carbonyl (C=O) groups excluding carboxylic acids is 3. The Bertz CT molecular complexity index is 698. The average molecular weight is 423 g/mol. The third-order valence-corrected chi connectivity index (χ3v) is 6.42. The molecule has 0 fully saturated rings. The van der Waals surface area contributed by atoms with E-state index in [1.165, 1.54) is 49.9 Å². The Morgan fingerprint density at radius 2 is 1.52 bits per heavy atom. The number of carboxylic acids is 1. The second-order valence-corrected chi connectivity index (χ2v) is 8.64. The maximum atomic E-state index is 12.7. The molecule has 0 saturated carbocycles. The van der Waals surface area contributed by atoms with Gasteiger partial charge in [0.05, 0.1) is 12.2 Å². The number of aryl methyl sites for hydroxylation is 1. The van der Waals surface area contributed by atoms with Crippen LogP contribution in [0.5, 0.6) is 0 Å². The molecule has 1 amide bonds. The molecule has 7 heteroatoms. The zero-order valence-corrected chi connectivity index (χ0v) is 18.2. The summed E-state index contributed by atoms with van der Waals surface area (Å²) >= 11 is 1.44. The number of carbonyl (C=O) groups is 3. The Morgan fingerprint density at radius 3 is 2.10 bits per heavy atom. The molecular formula is C22H32NO5S-. The number of esters is 1. The Labute approximate surface area is 177 Å². The van der Waals surface area contributed by atoms with Gasteiger partial charge in [0.2, 0.25) is 5.91 Å². The number of aliphatic carboxylic acids is 1. The molecule has 0 spiro atoms. The summed E-state index contributed by atoms with van der Waals surface area (Å²) in [5, 5.41) is 13.9. The molecule has 0 atom stereocenters. The first-order chi connectivity index (χ1) is 14.0. The van der Waals surface area contributed by atoms with Gasteiger partial charge in [-0.05, 0) is 44.6 Å². The summed E-state index contributed by atoms with van der Waals surface area (Å²) < 4.78 is 5.28. The second-order valence-electron chi connectivity index (χ2n) is 7.53. The normalized spacial score (nSPS) is 15.9. The van der Waals surface area contributed by atoms with Crippen molar-refractivity contribution >= 4 is 34.2 Å². The minimum absolute atomic E-state index is 0.173. The molecule has 1 aliphatic carbocycles. The second kappa shape index (κ2) is 12.6. The lowest BCUT2D eigenvalue weighted by Crippen LogP contribution is -2.24. The maximum absolute atomic E-state index is 12.7. The van der Waals surface area contributed by atoms with Crippen LogP contribution in [0.3, 0.4) is 0 Å². The average Bonchev–Trinajstić information content (AvgIpc) is 3.01. The van der Waals surface area contributed by atoms with Crippen LogP contribution < -0.4 is 10.4 Å². The van der Waals surface area contributed by atoms with E-state index in [4.69, 9.17) is 4.74 Å². The van der Waals surface area contributed by atoms with Crippen molar-refractivity contribution in [2.45, 2.75) is 90.4 Å². The van der Waals surface area contributed by atoms with Crippen molar-refractivity contribution in [3.05, 3.63) is 16.0 Å². The summed E-state index contributed by atoms with van der Waals surface area (Å²) in [6, 6.07) is 0. The quantitative estimate of drug-likeness (QED) is 0.699. The Hall–Kier alpha value is -1.89. The van der Waals surface area contributed by atoms with Crippen molar-refractivity contribution in [1.29, 1.82) is 0 Å². The fourth-order valence-electron chi connectivity index (χ4n) is 3.72. The zero-order valence-electron chi connectivity index (χ0n) is 17.3. The molecule has 162 valence electrons. The number of hydrogen-bond acceptors (Lipinski definition) is 6. The van der Waals surface area contributed by atoms with Crippen LogP contribution in [-0.2, 0) is 27.2 Å². The lowest BCUT2D eigenvalue weighted by molar-refractivity contribution is -0.305. The molecular weight excluding hydrogens is 390 g/mol. The Balaban J connectivity index is 2.27. The lowest BCUT2D eigenvalue weighted by atomic mass is 10.00. The Morgan fingerprint density at radius 1 is 0.931 bits per heavy atom. The molecule has 1 heterocycles. The summed E-state index contributed by atoms with van der Waals surface area (Å²) in [5.74, 6) is -2.10. The number of ether oxygens (including phenoxy) is 1. The summed E-state index contributed by atoms with van der Waals surface area (Å²) in [6.45, 7) is 2.03. The molecule has 1 aromatic heterocycles. The molecule has 1 aliphatic rings. The van der Waals surface area contributed by atoms with Crippen LogP contribution in [0.4, 0.5) is 5.00 Å². The molecule has 1 aromatic rings. The van der Waals surface area contributed by atoms with E-state index in [0.717, 1.165) is 42.5 Å². The fraction of sp³-hybridized carbons (Fsp3) is 0.682. The first-order valence-electron chi connectivity index (χ1n) is 10.8. The lowest BCUT2D eigenvalue weighted by Gasteiger charge is -2.10. The smallest absolute Gasteiger partial charge is 0.341 e. The fourth-order valence-corrected chi connectivity index (χ4v) is 5.01. The molecule has 0 aliphatic heterocycles. The van der Waals surface area contributed by atoms with Crippen molar-refractivity contribution in [3.63, 3.8) is 0 Å². The van der Waals surface area contributed by atoms with Gasteiger partial charge in [0.1, 0.15) is 5.00 Å². The number of nitrogens with one attached hydrogen (secondary N) is 1. The predicted molar refractivity (Wildman–Crippen MR) is 112 cm³/mol. The summed E-state index contributed by atoms with van der Waals surface area (Å²) in [6.07, 6.45) is 11.8. The van der Waals surface area contributed by atoms with E-state index in [1.54, 1.807) is 6.92 Å². The van der Waals surface area contributed by atoms with Crippen LogP contribution in [0.15, 0.2) is 0 Å². The van der Waals surface area contributed by atoms with Gasteiger partial charge in [-0.2, -0.15) is 0 Å². The molecule has 0 radical (unpaired) electrons. The van der Waals surface area contributed by atoms with Crippen LogP contribution in [0.25, 0.3) is 0 Å². The van der Waals surface area contributed by atoms with Crippen LogP contribution in [0.2, 0.25) is 0 Å². The topological polar surface area (TPSA) is 95.5 Å². The van der Waals surface area contributed by atoms with Crippen molar-refractivity contribution in [1.82, 2.24) is 0 Å². The summed E-state index contributed by atoms with van der Waals surface area (Å²) in [7, 11) is 0. The first-order valence-corrected chi connectivity index (χ1v) is 11.7.